The topological polar surface area (TPSA) is 46.2 Å². The highest BCUT2D eigenvalue weighted by atomic mass is 19.1. The van der Waals surface area contributed by atoms with Gasteiger partial charge in [0.2, 0.25) is 5.91 Å². The fraction of sp³-hybridized carbons (Fsp3) is 0.333. The van der Waals surface area contributed by atoms with E-state index >= 15 is 0 Å². The molecule has 2 aromatic rings. The molecule has 132 valence electrons. The van der Waals surface area contributed by atoms with Crippen LogP contribution in [0.3, 0.4) is 0 Å². The van der Waals surface area contributed by atoms with Gasteiger partial charge >= 0.3 is 0 Å². The Morgan fingerprint density at radius 1 is 1.00 bits per heavy atom. The van der Waals surface area contributed by atoms with Crippen LogP contribution < -0.4 is 5.32 Å². The zero-order chi connectivity index (χ0) is 18.1. The van der Waals surface area contributed by atoms with E-state index in [1.165, 1.54) is 24.3 Å². The normalized spacial score (nSPS) is 11.8. The molecule has 0 saturated heterocycles. The van der Waals surface area contributed by atoms with Gasteiger partial charge in [-0.15, -0.1) is 0 Å². The van der Waals surface area contributed by atoms with Gasteiger partial charge in [0.15, 0.2) is 5.78 Å². The van der Waals surface area contributed by atoms with Gasteiger partial charge in [-0.05, 0) is 42.7 Å². The predicted octanol–water partition coefficient (Wildman–Crippen LogP) is 4.84. The van der Waals surface area contributed by atoms with E-state index in [-0.39, 0.29) is 30.0 Å². The van der Waals surface area contributed by atoms with Gasteiger partial charge < -0.3 is 5.32 Å². The molecule has 25 heavy (non-hydrogen) atoms. The molecule has 1 amide bonds. The van der Waals surface area contributed by atoms with E-state index in [0.29, 0.717) is 18.4 Å². The minimum atomic E-state index is -0.362. The van der Waals surface area contributed by atoms with Crippen molar-refractivity contribution in [1.82, 2.24) is 5.32 Å². The molecule has 4 heteroatoms. The number of halogens is 1. The number of Topliss-reactive ketones (excluding diaryl/α,β-unsaturated/α-hetero) is 1. The number of carbonyl (C=O) groups excluding carboxylic acids is 2. The van der Waals surface area contributed by atoms with Crippen molar-refractivity contribution in [3.05, 3.63) is 71.5 Å². The van der Waals surface area contributed by atoms with Crippen LogP contribution in [0.2, 0.25) is 0 Å². The molecule has 1 N–H and O–H groups in total. The van der Waals surface area contributed by atoms with Gasteiger partial charge in [0.1, 0.15) is 5.82 Å². The molecule has 1 atom stereocenters. The van der Waals surface area contributed by atoms with E-state index in [9.17, 15) is 14.0 Å². The summed E-state index contributed by atoms with van der Waals surface area (Å²) < 4.78 is 12.9. The highest BCUT2D eigenvalue weighted by Gasteiger charge is 2.14. The molecule has 3 nitrogen and oxygen atoms in total. The molecule has 0 heterocycles. The Bertz CT molecular complexity index is 683. The van der Waals surface area contributed by atoms with E-state index in [1.54, 1.807) is 0 Å². The third-order valence-corrected chi connectivity index (χ3v) is 4.09. The number of benzene rings is 2. The molecule has 1 unspecified atom stereocenters. The highest BCUT2D eigenvalue weighted by Crippen LogP contribution is 2.18. The Hall–Kier alpha value is -2.49. The molecule has 0 spiro atoms. The van der Waals surface area contributed by atoms with Crippen molar-refractivity contribution >= 4 is 11.7 Å². The van der Waals surface area contributed by atoms with Crippen molar-refractivity contribution in [2.75, 3.05) is 0 Å². The van der Waals surface area contributed by atoms with Crippen LogP contribution in [0, 0.1) is 5.82 Å². The molecule has 0 aromatic heterocycles. The zero-order valence-corrected chi connectivity index (χ0v) is 14.5. The van der Waals surface area contributed by atoms with E-state index in [2.05, 4.69) is 12.2 Å². The number of nitrogens with one attached hydrogen (secondary N) is 1. The lowest BCUT2D eigenvalue weighted by molar-refractivity contribution is -0.122. The fourth-order valence-electron chi connectivity index (χ4n) is 2.75. The number of rotatable bonds is 9. The molecule has 0 aliphatic carbocycles. The van der Waals surface area contributed by atoms with Crippen molar-refractivity contribution in [2.24, 2.45) is 0 Å². The zero-order valence-electron chi connectivity index (χ0n) is 14.5. The average Bonchev–Trinajstić information content (AvgIpc) is 2.62. The first-order valence-corrected chi connectivity index (χ1v) is 8.73. The lowest BCUT2D eigenvalue weighted by Crippen LogP contribution is -2.28. The maximum atomic E-state index is 12.9. The Kier molecular flexibility index (Phi) is 7.33. The Balaban J connectivity index is 1.81. The molecule has 2 aromatic carbocycles. The van der Waals surface area contributed by atoms with Gasteiger partial charge in [0.25, 0.3) is 0 Å². The summed E-state index contributed by atoms with van der Waals surface area (Å²) in [5.41, 5.74) is 1.58. The first kappa shape index (κ1) is 18.8. The predicted molar refractivity (Wildman–Crippen MR) is 96.8 cm³/mol. The second kappa shape index (κ2) is 9.72. The van der Waals surface area contributed by atoms with E-state index < -0.39 is 0 Å². The van der Waals surface area contributed by atoms with Gasteiger partial charge in [-0.1, -0.05) is 43.7 Å². The molecular formula is C21H24FNO2. The number of hydrogen-bond donors (Lipinski definition) is 1. The first-order chi connectivity index (χ1) is 12.1. The van der Waals surface area contributed by atoms with Crippen molar-refractivity contribution in [2.45, 2.75) is 45.1 Å². The molecule has 2 rings (SSSR count). The molecular weight excluding hydrogens is 317 g/mol. The summed E-state index contributed by atoms with van der Waals surface area (Å²) in [4.78, 5) is 24.2. The SMILES string of the molecule is CCCC(NC(=O)CCCC(=O)c1ccc(F)cc1)c1ccccc1. The van der Waals surface area contributed by atoms with Crippen LogP contribution in [-0.4, -0.2) is 11.7 Å². The standard InChI is InChI=1S/C21H24FNO2/c1-2-7-19(16-8-4-3-5-9-16)23-21(25)11-6-10-20(24)17-12-14-18(22)15-13-17/h3-5,8-9,12-15,19H,2,6-7,10-11H2,1H3,(H,23,25). The third kappa shape index (κ3) is 6.14. The lowest BCUT2D eigenvalue weighted by Gasteiger charge is -2.18. The second-order valence-electron chi connectivity index (χ2n) is 6.10. The Morgan fingerprint density at radius 3 is 2.32 bits per heavy atom. The van der Waals surface area contributed by atoms with Crippen LogP contribution in [0.4, 0.5) is 4.39 Å². The molecule has 0 radical (unpaired) electrons. The maximum absolute atomic E-state index is 12.9. The van der Waals surface area contributed by atoms with Crippen molar-refractivity contribution in [3.8, 4) is 0 Å². The number of ketones is 1. The third-order valence-electron chi connectivity index (χ3n) is 4.09. The molecule has 0 aliphatic rings. The smallest absolute Gasteiger partial charge is 0.220 e. The summed E-state index contributed by atoms with van der Waals surface area (Å²) in [6, 6.07) is 15.4. The van der Waals surface area contributed by atoms with Crippen LogP contribution in [0.15, 0.2) is 54.6 Å². The van der Waals surface area contributed by atoms with Gasteiger partial charge in [-0.25, -0.2) is 4.39 Å². The quantitative estimate of drug-likeness (QED) is 0.664. The summed E-state index contributed by atoms with van der Waals surface area (Å²) in [5, 5.41) is 3.06. The van der Waals surface area contributed by atoms with Crippen LogP contribution in [-0.2, 0) is 4.79 Å². The molecule has 0 aliphatic heterocycles. The largest absolute Gasteiger partial charge is 0.349 e. The van der Waals surface area contributed by atoms with Crippen molar-refractivity contribution < 1.29 is 14.0 Å². The van der Waals surface area contributed by atoms with Crippen LogP contribution >= 0.6 is 0 Å². The van der Waals surface area contributed by atoms with E-state index in [0.717, 1.165) is 18.4 Å². The minimum absolute atomic E-state index is 0.00602. The van der Waals surface area contributed by atoms with E-state index in [4.69, 9.17) is 0 Å². The van der Waals surface area contributed by atoms with E-state index in [1.807, 2.05) is 30.3 Å². The number of amides is 1. The number of carbonyl (C=O) groups is 2. The average molecular weight is 341 g/mol. The van der Waals surface area contributed by atoms with Gasteiger partial charge in [-0.3, -0.25) is 9.59 Å². The van der Waals surface area contributed by atoms with Gasteiger partial charge in [-0.2, -0.15) is 0 Å². The summed E-state index contributed by atoms with van der Waals surface area (Å²) in [7, 11) is 0. The molecule has 0 saturated carbocycles. The second-order valence-corrected chi connectivity index (χ2v) is 6.10. The fourth-order valence-corrected chi connectivity index (χ4v) is 2.75. The minimum Gasteiger partial charge on any atom is -0.349 e. The Morgan fingerprint density at radius 2 is 1.68 bits per heavy atom. The van der Waals surface area contributed by atoms with Crippen LogP contribution in [0.5, 0.6) is 0 Å². The highest BCUT2D eigenvalue weighted by molar-refractivity contribution is 5.96. The maximum Gasteiger partial charge on any atom is 0.220 e. The van der Waals surface area contributed by atoms with Crippen LogP contribution in [0.25, 0.3) is 0 Å². The van der Waals surface area contributed by atoms with Crippen molar-refractivity contribution in [1.29, 1.82) is 0 Å². The summed E-state index contributed by atoms with van der Waals surface area (Å²) in [6.07, 6.45) is 2.92. The number of hydrogen-bond acceptors (Lipinski definition) is 2. The van der Waals surface area contributed by atoms with Crippen molar-refractivity contribution in [3.63, 3.8) is 0 Å². The molecule has 0 bridgehead atoms. The summed E-state index contributed by atoms with van der Waals surface area (Å²) in [5.74, 6) is -0.478. The summed E-state index contributed by atoms with van der Waals surface area (Å²) in [6.45, 7) is 2.09. The molecule has 0 fully saturated rings. The monoisotopic (exact) mass is 341 g/mol. The van der Waals surface area contributed by atoms with Gasteiger partial charge in [0.05, 0.1) is 6.04 Å². The Labute approximate surface area is 148 Å². The summed E-state index contributed by atoms with van der Waals surface area (Å²) >= 11 is 0. The first-order valence-electron chi connectivity index (χ1n) is 8.73. The van der Waals surface area contributed by atoms with Crippen LogP contribution in [0.1, 0.15) is 61.0 Å². The van der Waals surface area contributed by atoms with Gasteiger partial charge in [0, 0.05) is 18.4 Å². The lowest BCUT2D eigenvalue weighted by atomic mass is 10.0.